The summed E-state index contributed by atoms with van der Waals surface area (Å²) in [5, 5.41) is 2.81. The highest BCUT2D eigenvalue weighted by Crippen LogP contribution is 2.23. The number of rotatable bonds is 3. The molecule has 0 radical (unpaired) electrons. The fourth-order valence-corrected chi connectivity index (χ4v) is 2.08. The Balaban J connectivity index is 1.90. The second-order valence-electron chi connectivity index (χ2n) is 4.58. The Bertz CT molecular complexity index is 810. The topological polar surface area (TPSA) is 69.0 Å². The third kappa shape index (κ3) is 2.43. The number of hydrogen-bond acceptors (Lipinski definition) is 4. The normalized spacial score (nSPS) is 10.6. The van der Waals surface area contributed by atoms with Gasteiger partial charge in [-0.25, -0.2) is 9.97 Å². The molecule has 0 aliphatic rings. The molecule has 0 aliphatic heterocycles. The van der Waals surface area contributed by atoms with E-state index >= 15 is 0 Å². The second-order valence-corrected chi connectivity index (χ2v) is 4.58. The van der Waals surface area contributed by atoms with Crippen molar-refractivity contribution < 1.29 is 9.53 Å². The highest BCUT2D eigenvalue weighted by atomic mass is 16.5. The zero-order chi connectivity index (χ0) is 14.8. The van der Waals surface area contributed by atoms with Gasteiger partial charge in [0.05, 0.1) is 24.7 Å². The Labute approximate surface area is 121 Å². The minimum atomic E-state index is -0.250. The van der Waals surface area contributed by atoms with Crippen LogP contribution >= 0.6 is 0 Å². The number of fused-ring (bicyclic) bond motifs is 1. The number of aromatic nitrogens is 3. The Morgan fingerprint density at radius 3 is 2.90 bits per heavy atom. The lowest BCUT2D eigenvalue weighted by atomic mass is 10.2. The number of carbonyl (C=O) groups excluding carboxylic acids is 1. The molecule has 6 heteroatoms. The van der Waals surface area contributed by atoms with E-state index < -0.39 is 0 Å². The number of nitrogens with zero attached hydrogens (tertiary/aromatic N) is 3. The standard InChI is InChI=1S/C15H14N4O2/c1-19-9-17-12-7-10(8-16-14(12)19)15(20)18-11-5-3-4-6-13(11)21-2/h3-9H,1-2H3,(H,18,20). The molecule has 3 rings (SSSR count). The minimum absolute atomic E-state index is 0.250. The molecule has 0 aliphatic carbocycles. The molecule has 0 spiro atoms. The first-order valence-corrected chi connectivity index (χ1v) is 6.40. The molecule has 0 atom stereocenters. The highest BCUT2D eigenvalue weighted by molar-refractivity contribution is 6.06. The number of aryl methyl sites for hydroxylation is 1. The summed E-state index contributed by atoms with van der Waals surface area (Å²) < 4.78 is 7.01. The van der Waals surface area contributed by atoms with E-state index in [0.717, 1.165) is 5.65 Å². The first-order chi connectivity index (χ1) is 10.2. The van der Waals surface area contributed by atoms with Crippen LogP contribution in [0.5, 0.6) is 5.75 Å². The van der Waals surface area contributed by atoms with Crippen LogP contribution in [0.3, 0.4) is 0 Å². The van der Waals surface area contributed by atoms with Gasteiger partial charge in [-0.2, -0.15) is 0 Å². The van der Waals surface area contributed by atoms with Gasteiger partial charge >= 0.3 is 0 Å². The first kappa shape index (κ1) is 13.1. The van der Waals surface area contributed by atoms with Gasteiger partial charge in [0.2, 0.25) is 0 Å². The Morgan fingerprint density at radius 1 is 1.29 bits per heavy atom. The van der Waals surface area contributed by atoms with Crippen LogP contribution in [0.1, 0.15) is 10.4 Å². The third-order valence-electron chi connectivity index (χ3n) is 3.17. The Kier molecular flexibility index (Phi) is 3.27. The van der Waals surface area contributed by atoms with Crippen molar-refractivity contribution in [3.8, 4) is 5.75 Å². The number of imidazole rings is 1. The van der Waals surface area contributed by atoms with E-state index in [1.807, 2.05) is 19.2 Å². The van der Waals surface area contributed by atoms with Gasteiger partial charge in [0.1, 0.15) is 11.3 Å². The van der Waals surface area contributed by atoms with E-state index in [0.29, 0.717) is 22.5 Å². The molecule has 6 nitrogen and oxygen atoms in total. The molecule has 0 bridgehead atoms. The van der Waals surface area contributed by atoms with Crippen molar-refractivity contribution in [3.63, 3.8) is 0 Å². The molecule has 0 saturated heterocycles. The summed E-state index contributed by atoms with van der Waals surface area (Å²) in [4.78, 5) is 20.7. The summed E-state index contributed by atoms with van der Waals surface area (Å²) in [7, 11) is 3.42. The summed E-state index contributed by atoms with van der Waals surface area (Å²) >= 11 is 0. The molecule has 0 saturated carbocycles. The second kappa shape index (κ2) is 5.24. The number of nitrogens with one attached hydrogen (secondary N) is 1. The number of benzene rings is 1. The quantitative estimate of drug-likeness (QED) is 0.799. The van der Waals surface area contributed by atoms with E-state index in [1.54, 1.807) is 36.2 Å². The number of ether oxygens (including phenoxy) is 1. The van der Waals surface area contributed by atoms with Gasteiger partial charge in [-0.3, -0.25) is 4.79 Å². The molecule has 106 valence electrons. The lowest BCUT2D eigenvalue weighted by Crippen LogP contribution is -2.13. The van der Waals surface area contributed by atoms with Gasteiger partial charge in [0.25, 0.3) is 5.91 Å². The van der Waals surface area contributed by atoms with Crippen molar-refractivity contribution in [1.29, 1.82) is 0 Å². The Morgan fingerprint density at radius 2 is 2.10 bits per heavy atom. The van der Waals surface area contributed by atoms with E-state index in [9.17, 15) is 4.79 Å². The molecular weight excluding hydrogens is 268 g/mol. The van der Waals surface area contributed by atoms with Gasteiger partial charge in [0, 0.05) is 13.2 Å². The fraction of sp³-hybridized carbons (Fsp3) is 0.133. The van der Waals surface area contributed by atoms with E-state index in [-0.39, 0.29) is 5.91 Å². The predicted molar refractivity (Wildman–Crippen MR) is 79.5 cm³/mol. The minimum Gasteiger partial charge on any atom is -0.495 e. The van der Waals surface area contributed by atoms with Crippen LogP contribution < -0.4 is 10.1 Å². The summed E-state index contributed by atoms with van der Waals surface area (Å²) in [5.74, 6) is 0.359. The van der Waals surface area contributed by atoms with Gasteiger partial charge in [-0.1, -0.05) is 12.1 Å². The number of pyridine rings is 1. The van der Waals surface area contributed by atoms with Gasteiger partial charge in [-0.05, 0) is 18.2 Å². The van der Waals surface area contributed by atoms with Gasteiger partial charge in [0.15, 0.2) is 5.65 Å². The van der Waals surface area contributed by atoms with Gasteiger partial charge in [-0.15, -0.1) is 0 Å². The van der Waals surface area contributed by atoms with Crippen LogP contribution in [-0.2, 0) is 7.05 Å². The average Bonchev–Trinajstić information content (AvgIpc) is 2.88. The summed E-state index contributed by atoms with van der Waals surface area (Å²) in [5.41, 5.74) is 2.49. The number of hydrogen-bond donors (Lipinski definition) is 1. The summed E-state index contributed by atoms with van der Waals surface area (Å²) in [6, 6.07) is 8.96. The number of carbonyl (C=O) groups is 1. The van der Waals surface area contributed by atoms with E-state index in [4.69, 9.17) is 4.74 Å². The molecule has 3 aromatic rings. The van der Waals surface area contributed by atoms with Crippen molar-refractivity contribution in [2.75, 3.05) is 12.4 Å². The maximum Gasteiger partial charge on any atom is 0.257 e. The van der Waals surface area contributed by atoms with E-state index in [1.165, 1.54) is 6.20 Å². The van der Waals surface area contributed by atoms with Crippen LogP contribution in [0.15, 0.2) is 42.9 Å². The molecule has 0 unspecified atom stereocenters. The lowest BCUT2D eigenvalue weighted by Gasteiger charge is -2.09. The maximum atomic E-state index is 12.3. The maximum absolute atomic E-state index is 12.3. The zero-order valence-electron chi connectivity index (χ0n) is 11.7. The molecule has 21 heavy (non-hydrogen) atoms. The number of methoxy groups -OCH3 is 1. The molecule has 0 fully saturated rings. The smallest absolute Gasteiger partial charge is 0.257 e. The summed E-state index contributed by atoms with van der Waals surface area (Å²) in [6.07, 6.45) is 3.20. The first-order valence-electron chi connectivity index (χ1n) is 6.40. The fourth-order valence-electron chi connectivity index (χ4n) is 2.08. The molecule has 2 heterocycles. The van der Waals surface area contributed by atoms with Crippen molar-refractivity contribution in [2.45, 2.75) is 0 Å². The third-order valence-corrected chi connectivity index (χ3v) is 3.17. The molecular formula is C15H14N4O2. The largest absolute Gasteiger partial charge is 0.495 e. The van der Waals surface area contributed by atoms with Crippen LogP contribution in [0.2, 0.25) is 0 Å². The van der Waals surface area contributed by atoms with Crippen LogP contribution in [0.25, 0.3) is 11.2 Å². The van der Waals surface area contributed by atoms with Crippen LogP contribution in [-0.4, -0.2) is 27.6 Å². The predicted octanol–water partition coefficient (Wildman–Crippen LogP) is 2.23. The summed E-state index contributed by atoms with van der Waals surface area (Å²) in [6.45, 7) is 0. The number of para-hydroxylation sites is 2. The van der Waals surface area contributed by atoms with Gasteiger partial charge < -0.3 is 14.6 Å². The zero-order valence-corrected chi connectivity index (χ0v) is 11.7. The van der Waals surface area contributed by atoms with Crippen LogP contribution in [0.4, 0.5) is 5.69 Å². The van der Waals surface area contributed by atoms with Crippen LogP contribution in [0, 0.1) is 0 Å². The highest BCUT2D eigenvalue weighted by Gasteiger charge is 2.11. The average molecular weight is 282 g/mol. The number of amides is 1. The Hall–Kier alpha value is -2.89. The molecule has 1 aromatic carbocycles. The monoisotopic (exact) mass is 282 g/mol. The number of anilines is 1. The lowest BCUT2D eigenvalue weighted by molar-refractivity contribution is 0.102. The van der Waals surface area contributed by atoms with Crippen molar-refractivity contribution >= 4 is 22.8 Å². The molecule has 1 N–H and O–H groups in total. The van der Waals surface area contributed by atoms with Crippen molar-refractivity contribution in [2.24, 2.45) is 7.05 Å². The van der Waals surface area contributed by atoms with Crippen molar-refractivity contribution in [3.05, 3.63) is 48.4 Å². The molecule has 1 amide bonds. The van der Waals surface area contributed by atoms with Crippen molar-refractivity contribution in [1.82, 2.24) is 14.5 Å². The van der Waals surface area contributed by atoms with E-state index in [2.05, 4.69) is 15.3 Å². The molecule has 2 aromatic heterocycles. The SMILES string of the molecule is COc1ccccc1NC(=O)c1cnc2c(c1)ncn2C.